The van der Waals surface area contributed by atoms with Crippen LogP contribution in [0.5, 0.6) is 0 Å². The van der Waals surface area contributed by atoms with E-state index in [1.165, 1.54) is 12.1 Å². The first-order valence-corrected chi connectivity index (χ1v) is 10.5. The summed E-state index contributed by atoms with van der Waals surface area (Å²) in [5.41, 5.74) is 3.67. The molecule has 164 valence electrons. The van der Waals surface area contributed by atoms with Crippen molar-refractivity contribution in [3.8, 4) is 0 Å². The van der Waals surface area contributed by atoms with Gasteiger partial charge in [0.05, 0.1) is 5.56 Å². The lowest BCUT2D eigenvalue weighted by atomic mass is 9.47. The van der Waals surface area contributed by atoms with Gasteiger partial charge in [-0.15, -0.1) is 0 Å². The second-order valence-electron chi connectivity index (χ2n) is 9.94. The zero-order chi connectivity index (χ0) is 21.9. The molecule has 5 rings (SSSR count). The summed E-state index contributed by atoms with van der Waals surface area (Å²) in [5, 5.41) is 6.09. The highest BCUT2D eigenvalue weighted by molar-refractivity contribution is 5.89. The molecule has 0 aliphatic heterocycles. The fourth-order valence-corrected chi connectivity index (χ4v) is 6.08. The Bertz CT molecular complexity index is 851. The second kappa shape index (κ2) is 6.89. The molecule has 2 unspecified atom stereocenters. The van der Waals surface area contributed by atoms with Crippen molar-refractivity contribution in [1.29, 1.82) is 0 Å². The molecule has 0 aromatic heterocycles. The van der Waals surface area contributed by atoms with Crippen LogP contribution in [0.3, 0.4) is 0 Å². The lowest BCUT2D eigenvalue weighted by molar-refractivity contribution is -0.148. The number of alkyl halides is 3. The fourth-order valence-electron chi connectivity index (χ4n) is 6.08. The van der Waals surface area contributed by atoms with Gasteiger partial charge in [0, 0.05) is 17.1 Å². The zero-order valence-corrected chi connectivity index (χ0v) is 17.2. The zero-order valence-electron chi connectivity index (χ0n) is 17.2. The van der Waals surface area contributed by atoms with E-state index in [-0.39, 0.29) is 35.4 Å². The standard InChI is InChI=1S/C22H28F3N3O2/c1-20(2,28-16-5-3-4-15(8-16)22(23,24)25)19(30)27-17-13-6-12-7-14(17)11-21(9-12,10-13)18(26)29/h3-5,8,12-14,17,28H,6-7,9-11H2,1-2H3,(H2,26,29)(H,27,30). The van der Waals surface area contributed by atoms with Crippen molar-refractivity contribution >= 4 is 17.5 Å². The maximum absolute atomic E-state index is 13.1. The number of rotatable bonds is 5. The van der Waals surface area contributed by atoms with Crippen LogP contribution in [-0.2, 0) is 15.8 Å². The van der Waals surface area contributed by atoms with Crippen molar-refractivity contribution in [2.45, 2.75) is 63.7 Å². The van der Waals surface area contributed by atoms with Gasteiger partial charge in [0.25, 0.3) is 0 Å². The molecule has 4 aliphatic rings. The molecule has 30 heavy (non-hydrogen) atoms. The number of anilines is 1. The molecule has 4 N–H and O–H groups in total. The minimum absolute atomic E-state index is 0.0240. The van der Waals surface area contributed by atoms with E-state index in [1.807, 2.05) is 0 Å². The highest BCUT2D eigenvalue weighted by Crippen LogP contribution is 2.59. The Morgan fingerprint density at radius 2 is 1.73 bits per heavy atom. The predicted molar refractivity (Wildman–Crippen MR) is 106 cm³/mol. The number of halogens is 3. The number of benzene rings is 1. The average molecular weight is 423 g/mol. The maximum Gasteiger partial charge on any atom is 0.416 e. The lowest BCUT2D eigenvalue weighted by Gasteiger charge is -2.59. The molecule has 4 bridgehead atoms. The van der Waals surface area contributed by atoms with Gasteiger partial charge >= 0.3 is 6.18 Å². The van der Waals surface area contributed by atoms with Crippen LogP contribution >= 0.6 is 0 Å². The van der Waals surface area contributed by atoms with Crippen molar-refractivity contribution in [3.63, 3.8) is 0 Å². The van der Waals surface area contributed by atoms with E-state index in [0.29, 0.717) is 18.8 Å². The van der Waals surface area contributed by atoms with Crippen LogP contribution in [0.2, 0.25) is 0 Å². The van der Waals surface area contributed by atoms with Gasteiger partial charge in [-0.3, -0.25) is 9.59 Å². The summed E-state index contributed by atoms with van der Waals surface area (Å²) >= 11 is 0. The van der Waals surface area contributed by atoms with E-state index in [9.17, 15) is 22.8 Å². The quantitative estimate of drug-likeness (QED) is 0.675. The van der Waals surface area contributed by atoms with Gasteiger partial charge in [0.1, 0.15) is 5.54 Å². The molecule has 4 fully saturated rings. The minimum atomic E-state index is -4.44. The Morgan fingerprint density at radius 1 is 1.10 bits per heavy atom. The van der Waals surface area contributed by atoms with Crippen molar-refractivity contribution in [3.05, 3.63) is 29.8 Å². The third-order valence-corrected chi connectivity index (χ3v) is 7.31. The number of carbonyl (C=O) groups excluding carboxylic acids is 2. The van der Waals surface area contributed by atoms with E-state index in [0.717, 1.165) is 31.4 Å². The summed E-state index contributed by atoms with van der Waals surface area (Å²) < 4.78 is 38.9. The van der Waals surface area contributed by atoms with Crippen LogP contribution in [0.1, 0.15) is 51.5 Å². The van der Waals surface area contributed by atoms with Crippen LogP contribution in [-0.4, -0.2) is 23.4 Å². The number of amides is 2. The van der Waals surface area contributed by atoms with E-state index < -0.39 is 22.7 Å². The first-order chi connectivity index (χ1) is 13.9. The Balaban J connectivity index is 1.46. The molecule has 5 nitrogen and oxygen atoms in total. The number of carbonyl (C=O) groups is 2. The molecule has 1 aromatic carbocycles. The lowest BCUT2D eigenvalue weighted by Crippen LogP contribution is -2.64. The SMILES string of the molecule is CC(C)(Nc1cccc(C(F)(F)F)c1)C(=O)NC1C2CC3CC1CC(C(N)=O)(C3)C2. The molecule has 0 saturated heterocycles. The van der Waals surface area contributed by atoms with Gasteiger partial charge in [-0.1, -0.05) is 6.07 Å². The topological polar surface area (TPSA) is 84.2 Å². The minimum Gasteiger partial charge on any atom is -0.372 e. The average Bonchev–Trinajstić information content (AvgIpc) is 2.63. The number of nitrogens with two attached hydrogens (primary N) is 1. The van der Waals surface area contributed by atoms with Gasteiger partial charge < -0.3 is 16.4 Å². The first kappa shape index (κ1) is 21.0. The summed E-state index contributed by atoms with van der Waals surface area (Å²) in [6.45, 7) is 3.31. The molecular formula is C22H28F3N3O2. The largest absolute Gasteiger partial charge is 0.416 e. The molecular weight excluding hydrogens is 395 g/mol. The van der Waals surface area contributed by atoms with Gasteiger partial charge in [0.15, 0.2) is 0 Å². The first-order valence-electron chi connectivity index (χ1n) is 10.5. The monoisotopic (exact) mass is 423 g/mol. The summed E-state index contributed by atoms with van der Waals surface area (Å²) in [6, 6.07) is 4.82. The summed E-state index contributed by atoms with van der Waals surface area (Å²) in [7, 11) is 0. The third kappa shape index (κ3) is 3.65. The number of primary amides is 1. The second-order valence-corrected chi connectivity index (χ2v) is 9.94. The van der Waals surface area contributed by atoms with E-state index in [1.54, 1.807) is 13.8 Å². The van der Waals surface area contributed by atoms with E-state index >= 15 is 0 Å². The van der Waals surface area contributed by atoms with Crippen molar-refractivity contribution in [1.82, 2.24) is 5.32 Å². The molecule has 0 spiro atoms. The van der Waals surface area contributed by atoms with Gasteiger partial charge in [-0.2, -0.15) is 13.2 Å². The molecule has 0 heterocycles. The molecule has 4 saturated carbocycles. The third-order valence-electron chi connectivity index (χ3n) is 7.31. The van der Waals surface area contributed by atoms with Gasteiger partial charge in [-0.05, 0) is 81.9 Å². The fraction of sp³-hybridized carbons (Fsp3) is 0.636. The van der Waals surface area contributed by atoms with Crippen LogP contribution in [0.25, 0.3) is 0 Å². The van der Waals surface area contributed by atoms with Crippen LogP contribution in [0, 0.1) is 23.2 Å². The Hall–Kier alpha value is -2.25. The molecule has 8 heteroatoms. The highest BCUT2D eigenvalue weighted by Gasteiger charge is 2.58. The Kier molecular flexibility index (Phi) is 4.82. The molecule has 4 aliphatic carbocycles. The maximum atomic E-state index is 13.1. The summed E-state index contributed by atoms with van der Waals surface area (Å²) in [6.07, 6.45) is -0.196. The van der Waals surface area contributed by atoms with Crippen LogP contribution in [0.15, 0.2) is 24.3 Å². The van der Waals surface area contributed by atoms with Gasteiger partial charge in [-0.25, -0.2) is 0 Å². The van der Waals surface area contributed by atoms with Crippen molar-refractivity contribution in [2.75, 3.05) is 5.32 Å². The van der Waals surface area contributed by atoms with Crippen LogP contribution in [0.4, 0.5) is 18.9 Å². The smallest absolute Gasteiger partial charge is 0.372 e. The number of hydrogen-bond acceptors (Lipinski definition) is 3. The molecule has 2 amide bonds. The molecule has 2 atom stereocenters. The number of hydrogen-bond donors (Lipinski definition) is 3. The summed E-state index contributed by atoms with van der Waals surface area (Å²) in [5.74, 6) is 0.442. The van der Waals surface area contributed by atoms with Crippen molar-refractivity contribution < 1.29 is 22.8 Å². The Labute approximate surface area is 174 Å². The van der Waals surface area contributed by atoms with Crippen molar-refractivity contribution in [2.24, 2.45) is 28.9 Å². The summed E-state index contributed by atoms with van der Waals surface area (Å²) in [4.78, 5) is 25.2. The number of nitrogens with one attached hydrogen (secondary N) is 2. The molecule has 1 aromatic rings. The van der Waals surface area contributed by atoms with E-state index in [2.05, 4.69) is 10.6 Å². The van der Waals surface area contributed by atoms with Gasteiger partial charge in [0.2, 0.25) is 11.8 Å². The van der Waals surface area contributed by atoms with E-state index in [4.69, 9.17) is 5.73 Å². The Morgan fingerprint density at radius 3 is 2.30 bits per heavy atom. The predicted octanol–water partition coefficient (Wildman–Crippen LogP) is 3.69. The normalized spacial score (nSPS) is 32.7. The van der Waals surface area contributed by atoms with Crippen LogP contribution < -0.4 is 16.4 Å². The highest BCUT2D eigenvalue weighted by atomic mass is 19.4. The molecule has 0 radical (unpaired) electrons.